The van der Waals surface area contributed by atoms with Crippen LogP contribution in [0.1, 0.15) is 88.5 Å². The number of hydroxylamine groups is 2. The van der Waals surface area contributed by atoms with Crippen molar-refractivity contribution in [2.75, 3.05) is 13.1 Å². The highest BCUT2D eigenvalue weighted by molar-refractivity contribution is 7.47. The minimum atomic E-state index is -4.86. The lowest BCUT2D eigenvalue weighted by atomic mass is 9.92. The van der Waals surface area contributed by atoms with Gasteiger partial charge in [0.1, 0.15) is 60.1 Å². The lowest BCUT2D eigenvalue weighted by Gasteiger charge is -2.40. The molecule has 564 valence electrons. The van der Waals surface area contributed by atoms with E-state index in [2.05, 4.69) is 30.6 Å². The molecule has 0 aliphatic carbocycles. The van der Waals surface area contributed by atoms with E-state index >= 15 is 0 Å². The molecule has 4 aromatic carbocycles. The number of allylic oxidation sites excluding steroid dienone is 2. The number of nitrogens with zero attached hydrogens (tertiary/aromatic N) is 2. The Morgan fingerprint density at radius 3 is 1.13 bits per heavy atom. The maximum atomic E-state index is 13.9. The number of carbonyl (C=O) groups excluding carboxylic acids is 10. The molecule has 0 radical (unpaired) electrons. The molecule has 0 saturated carbocycles. The van der Waals surface area contributed by atoms with E-state index in [-0.39, 0.29) is 100 Å². The SMILES string of the molecule is CC[C@H]1O[C@@H](O)C(NOC(=O)[C@@H](Cc2ccc(OP(=O)(O)O)cc2)NC(=O)[C@H](CC(=O)CN2C=C(C)C(=O)CC2=O)Cc2ccccc2)[C@@H](O)[C@@H]1O.CC[C@H]1O[C@@H](O)C(NOC(=O)[C@H](Cc2ccc(OP(=O)(O)O)cc2)NC(=O)[C@@H](CC(=O)CN2C=C(C)C(=O)CC2=O)Cc2ccccc2)[C@@H](O)[C@@H]1O. The van der Waals surface area contributed by atoms with Crippen LogP contribution in [0.3, 0.4) is 0 Å². The van der Waals surface area contributed by atoms with Gasteiger partial charge in [-0.25, -0.2) is 18.7 Å². The zero-order chi connectivity index (χ0) is 76.3. The van der Waals surface area contributed by atoms with E-state index in [1.807, 2.05) is 0 Å². The number of rotatable bonds is 32. The highest BCUT2D eigenvalue weighted by Gasteiger charge is 2.46. The van der Waals surface area contributed by atoms with Crippen LogP contribution in [0, 0.1) is 11.8 Å². The van der Waals surface area contributed by atoms with Crippen LogP contribution in [0.15, 0.2) is 133 Å². The molecule has 2 saturated heterocycles. The summed E-state index contributed by atoms with van der Waals surface area (Å²) < 4.78 is 42.2. The highest BCUT2D eigenvalue weighted by Crippen LogP contribution is 2.39. The number of benzene rings is 4. The van der Waals surface area contributed by atoms with Crippen molar-refractivity contribution >= 4 is 74.3 Å². The Labute approximate surface area is 595 Å². The molecule has 104 heavy (non-hydrogen) atoms. The van der Waals surface area contributed by atoms with Crippen molar-refractivity contribution in [3.8, 4) is 11.5 Å². The molecule has 8 rings (SSSR count). The van der Waals surface area contributed by atoms with Crippen LogP contribution < -0.4 is 30.6 Å². The van der Waals surface area contributed by atoms with Crippen LogP contribution in [-0.2, 0) is 102 Å². The number of aliphatic hydroxyl groups excluding tert-OH is 6. The van der Waals surface area contributed by atoms with Gasteiger partial charge >= 0.3 is 27.6 Å². The third-order valence-electron chi connectivity index (χ3n) is 17.1. The number of hydrogen-bond donors (Lipinski definition) is 14. The molecular formula is C68H84N6O28P2. The fourth-order valence-corrected chi connectivity index (χ4v) is 12.2. The Bertz CT molecular complexity index is 3610. The quantitative estimate of drug-likeness (QED) is 0.0173. The number of phosphoric acid groups is 2. The van der Waals surface area contributed by atoms with Crippen LogP contribution in [0.25, 0.3) is 0 Å². The molecule has 34 nitrogen and oxygen atoms in total. The standard InChI is InChI=1S/2C34H42N3O14P/c2*1-3-27-30(41)31(42)29(34(45)49-27)36-50-33(44)25(14-21-9-11-24(12-10-21)51-52(46,47)48)35-32(43)22(13-20-7-5-4-6-8-20)15-23(38)18-37-17-19(2)26(39)16-28(37)40/h2*4-12,17,22,25,27,29-31,34,36,41-42,45H,3,13-16,18H2,1-2H3,(H,35,43)(H2,46,47,48)/t22-,25+,27+,29?,30+,31+,34+;22-,25+,27-,29?,30-,31-,34-/m01/s1. The Balaban J connectivity index is 0.000000291. The van der Waals surface area contributed by atoms with Gasteiger partial charge in [-0.15, -0.1) is 11.0 Å². The highest BCUT2D eigenvalue weighted by atomic mass is 31.2. The van der Waals surface area contributed by atoms with Gasteiger partial charge in [0.25, 0.3) is 0 Å². The average Bonchev–Trinajstić information content (AvgIpc) is 0.824. The van der Waals surface area contributed by atoms with Gasteiger partial charge in [-0.3, -0.25) is 57.9 Å². The van der Waals surface area contributed by atoms with Gasteiger partial charge in [-0.2, -0.15) is 0 Å². The Morgan fingerprint density at radius 1 is 0.490 bits per heavy atom. The first-order valence-corrected chi connectivity index (χ1v) is 35.9. The summed E-state index contributed by atoms with van der Waals surface area (Å²) in [6, 6.07) is 22.0. The van der Waals surface area contributed by atoms with Crippen molar-refractivity contribution in [2.45, 2.75) is 165 Å². The number of nitrogens with one attached hydrogen (secondary N) is 4. The molecule has 14 N–H and O–H groups in total. The molecule has 4 amide bonds. The van der Waals surface area contributed by atoms with Crippen LogP contribution in [0.5, 0.6) is 11.5 Å². The maximum Gasteiger partial charge on any atom is 0.524 e. The molecular weight excluding hydrogens is 1410 g/mol. The van der Waals surface area contributed by atoms with Crippen LogP contribution in [0.2, 0.25) is 0 Å². The maximum absolute atomic E-state index is 13.9. The molecule has 0 bridgehead atoms. The smallest absolute Gasteiger partial charge is 0.404 e. The minimum Gasteiger partial charge on any atom is -0.404 e. The van der Waals surface area contributed by atoms with Gasteiger partial charge in [-0.1, -0.05) is 98.8 Å². The molecule has 2 unspecified atom stereocenters. The number of hydrogen-bond acceptors (Lipinski definition) is 26. The van der Waals surface area contributed by atoms with Crippen molar-refractivity contribution in [1.29, 1.82) is 0 Å². The Hall–Kier alpha value is -8.64. The summed E-state index contributed by atoms with van der Waals surface area (Å²) in [5.41, 5.74) is 7.17. The topological polar surface area (TPSA) is 517 Å². The molecule has 0 aromatic heterocycles. The van der Waals surface area contributed by atoms with Crippen molar-refractivity contribution in [3.05, 3.63) is 155 Å². The predicted molar refractivity (Wildman–Crippen MR) is 359 cm³/mol. The summed E-state index contributed by atoms with van der Waals surface area (Å²) in [4.78, 5) is 179. The molecule has 14 atom stereocenters. The first-order chi connectivity index (χ1) is 49.1. The van der Waals surface area contributed by atoms with E-state index in [4.69, 9.17) is 38.7 Å². The van der Waals surface area contributed by atoms with E-state index < -0.39 is 148 Å². The second-order valence-electron chi connectivity index (χ2n) is 25.1. The largest absolute Gasteiger partial charge is 0.524 e. The predicted octanol–water partition coefficient (Wildman–Crippen LogP) is -0.0518. The molecule has 4 aliphatic rings. The normalized spacial score (nSPS) is 23.3. The fourth-order valence-electron chi connectivity index (χ4n) is 11.5. The third kappa shape index (κ3) is 24.8. The zero-order valence-corrected chi connectivity index (χ0v) is 58.5. The molecule has 4 aliphatic heterocycles. The lowest BCUT2D eigenvalue weighted by Crippen LogP contribution is -2.63. The molecule has 4 aromatic rings. The Kier molecular flexibility index (Phi) is 30.1. The van der Waals surface area contributed by atoms with Gasteiger partial charge in [-0.05, 0) is 86.1 Å². The van der Waals surface area contributed by atoms with Crippen LogP contribution in [0.4, 0.5) is 0 Å². The number of carbonyl (C=O) groups is 10. The van der Waals surface area contributed by atoms with Crippen molar-refractivity contribution in [2.24, 2.45) is 11.8 Å². The number of ketones is 4. The average molecular weight is 1500 g/mol. The summed E-state index contributed by atoms with van der Waals surface area (Å²) in [6.07, 6.45) is -9.94. The monoisotopic (exact) mass is 1490 g/mol. The summed E-state index contributed by atoms with van der Waals surface area (Å²) in [6.45, 7) is 5.61. The number of ether oxygens (including phenoxy) is 2. The van der Waals surface area contributed by atoms with E-state index in [1.54, 1.807) is 74.5 Å². The number of amides is 4. The van der Waals surface area contributed by atoms with Gasteiger partial charge < -0.3 is 79.3 Å². The number of Topliss-reactive ketones (excluding diaryl/α,β-unsaturated/α-hetero) is 4. The van der Waals surface area contributed by atoms with Gasteiger partial charge in [0, 0.05) is 61.1 Å². The number of phosphoric ester groups is 2. The van der Waals surface area contributed by atoms with E-state index in [1.165, 1.54) is 74.8 Å². The van der Waals surface area contributed by atoms with Crippen molar-refractivity contribution in [1.82, 2.24) is 31.4 Å². The van der Waals surface area contributed by atoms with E-state index in [9.17, 15) is 87.7 Å². The van der Waals surface area contributed by atoms with E-state index in [0.29, 0.717) is 33.4 Å². The van der Waals surface area contributed by atoms with Gasteiger partial charge in [0.2, 0.25) is 23.6 Å². The van der Waals surface area contributed by atoms with Crippen LogP contribution >= 0.6 is 15.6 Å². The molecule has 4 heterocycles. The van der Waals surface area contributed by atoms with Crippen molar-refractivity contribution in [3.63, 3.8) is 0 Å². The summed E-state index contributed by atoms with van der Waals surface area (Å²) in [7, 11) is -9.71. The first kappa shape index (κ1) is 82.6. The minimum absolute atomic E-state index is 0.0580. The molecule has 2 fully saturated rings. The second kappa shape index (κ2) is 37.9. The Morgan fingerprint density at radius 2 is 0.817 bits per heavy atom. The van der Waals surface area contributed by atoms with E-state index in [0.717, 1.165) is 9.80 Å². The first-order valence-electron chi connectivity index (χ1n) is 32.8. The number of aliphatic hydroxyl groups is 6. The lowest BCUT2D eigenvalue weighted by molar-refractivity contribution is -0.263. The summed E-state index contributed by atoms with van der Waals surface area (Å²) in [5.74, 6) is -8.96. The second-order valence-corrected chi connectivity index (χ2v) is 27.5. The summed E-state index contributed by atoms with van der Waals surface area (Å²) in [5, 5.41) is 67.8. The van der Waals surface area contributed by atoms with Crippen LogP contribution in [-0.4, -0.2) is 205 Å². The third-order valence-corrected chi connectivity index (χ3v) is 18.0. The van der Waals surface area contributed by atoms with Gasteiger partial charge in [0.15, 0.2) is 35.7 Å². The van der Waals surface area contributed by atoms with Crippen molar-refractivity contribution < 1.29 is 135 Å². The summed E-state index contributed by atoms with van der Waals surface area (Å²) >= 11 is 0. The molecule has 0 spiro atoms. The zero-order valence-electron chi connectivity index (χ0n) is 56.7. The molecule has 36 heteroatoms. The fraction of sp³-hybridized carbons (Fsp3) is 0.441. The van der Waals surface area contributed by atoms with Gasteiger partial charge in [0.05, 0.1) is 38.1 Å².